The fraction of sp³-hybridized carbons (Fsp3) is 0.417. The van der Waals surface area contributed by atoms with Gasteiger partial charge in [-0.1, -0.05) is 6.07 Å². The van der Waals surface area contributed by atoms with E-state index in [1.54, 1.807) is 0 Å². The number of hydrogen-bond donors (Lipinski definition) is 1. The molecule has 80 valence electrons. The highest BCUT2D eigenvalue weighted by Gasteiger charge is 2.11. The molecule has 0 saturated carbocycles. The molecule has 0 N–H and O–H groups in total. The van der Waals surface area contributed by atoms with Crippen LogP contribution < -0.4 is 0 Å². The number of hydrogen-bond acceptors (Lipinski definition) is 2. The first-order chi connectivity index (χ1) is 7.13. The summed E-state index contributed by atoms with van der Waals surface area (Å²) in [5.74, 6) is 1.74. The third kappa shape index (κ3) is 1.76. The maximum absolute atomic E-state index is 4.60. The van der Waals surface area contributed by atoms with Gasteiger partial charge in [0.1, 0.15) is 5.82 Å². The van der Waals surface area contributed by atoms with Crippen molar-refractivity contribution in [3.63, 3.8) is 0 Å². The van der Waals surface area contributed by atoms with Crippen LogP contribution >= 0.6 is 12.6 Å². The lowest BCUT2D eigenvalue weighted by Gasteiger charge is -2.11. The maximum atomic E-state index is 4.60. The molecule has 0 bridgehead atoms. The Morgan fingerprint density at radius 3 is 2.73 bits per heavy atom. The highest BCUT2D eigenvalue weighted by atomic mass is 32.1. The topological polar surface area (TPSA) is 17.8 Å². The monoisotopic (exact) mass is 220 g/mol. The summed E-state index contributed by atoms with van der Waals surface area (Å²) in [5.41, 5.74) is 3.54. The largest absolute Gasteiger partial charge is 0.325 e. The van der Waals surface area contributed by atoms with Gasteiger partial charge in [0.05, 0.1) is 11.0 Å². The van der Waals surface area contributed by atoms with Crippen molar-refractivity contribution in [3.8, 4) is 0 Å². The Hall–Kier alpha value is -0.960. The zero-order valence-corrected chi connectivity index (χ0v) is 10.3. The molecule has 0 aliphatic carbocycles. The standard InChI is InChI=1S/C12H16N2S/c1-8(2)14-11-5-4-9(3)6-10(11)13-12(14)7-15/h4-6,8,15H,7H2,1-3H3. The highest BCUT2D eigenvalue weighted by molar-refractivity contribution is 7.79. The lowest BCUT2D eigenvalue weighted by Crippen LogP contribution is -2.04. The minimum absolute atomic E-state index is 0.430. The molecule has 0 aliphatic rings. The molecule has 15 heavy (non-hydrogen) atoms. The van der Waals surface area contributed by atoms with Crippen LogP contribution in [0.3, 0.4) is 0 Å². The quantitative estimate of drug-likeness (QED) is 0.768. The molecule has 0 atom stereocenters. The van der Waals surface area contributed by atoms with Gasteiger partial charge in [0.2, 0.25) is 0 Å². The fourth-order valence-corrected chi connectivity index (χ4v) is 2.17. The van der Waals surface area contributed by atoms with Crippen molar-refractivity contribution >= 4 is 23.7 Å². The zero-order valence-electron chi connectivity index (χ0n) is 9.36. The highest BCUT2D eigenvalue weighted by Crippen LogP contribution is 2.22. The second-order valence-corrected chi connectivity index (χ2v) is 4.46. The summed E-state index contributed by atoms with van der Waals surface area (Å²) in [6, 6.07) is 6.83. The summed E-state index contributed by atoms with van der Waals surface area (Å²) in [5, 5.41) is 0. The van der Waals surface area contributed by atoms with Crippen LogP contribution in [0.1, 0.15) is 31.3 Å². The average molecular weight is 220 g/mol. The molecule has 3 heteroatoms. The van der Waals surface area contributed by atoms with Gasteiger partial charge < -0.3 is 4.57 Å². The van der Waals surface area contributed by atoms with Gasteiger partial charge in [-0.05, 0) is 38.5 Å². The Morgan fingerprint density at radius 2 is 2.13 bits per heavy atom. The van der Waals surface area contributed by atoms with E-state index in [4.69, 9.17) is 0 Å². The van der Waals surface area contributed by atoms with Gasteiger partial charge in [-0.2, -0.15) is 12.6 Å². The molecular weight excluding hydrogens is 204 g/mol. The predicted octanol–water partition coefficient (Wildman–Crippen LogP) is 3.36. The van der Waals surface area contributed by atoms with Crippen LogP contribution in [0.4, 0.5) is 0 Å². The number of imidazole rings is 1. The van der Waals surface area contributed by atoms with E-state index in [0.29, 0.717) is 11.8 Å². The van der Waals surface area contributed by atoms with Crippen LogP contribution in [-0.4, -0.2) is 9.55 Å². The minimum atomic E-state index is 0.430. The molecule has 0 saturated heterocycles. The fourth-order valence-electron chi connectivity index (χ4n) is 1.95. The van der Waals surface area contributed by atoms with E-state index in [9.17, 15) is 0 Å². The van der Waals surface area contributed by atoms with Crippen LogP contribution in [0.2, 0.25) is 0 Å². The smallest absolute Gasteiger partial charge is 0.119 e. The van der Waals surface area contributed by atoms with Gasteiger partial charge in [-0.15, -0.1) is 0 Å². The molecule has 0 amide bonds. The van der Waals surface area contributed by atoms with Gasteiger partial charge in [-0.25, -0.2) is 4.98 Å². The van der Waals surface area contributed by atoms with E-state index in [2.05, 4.69) is 61.2 Å². The molecular formula is C12H16N2S. The second kappa shape index (κ2) is 3.89. The Bertz CT molecular complexity index is 486. The Labute approximate surface area is 95.7 Å². The van der Waals surface area contributed by atoms with E-state index in [-0.39, 0.29) is 0 Å². The molecule has 2 aromatic rings. The minimum Gasteiger partial charge on any atom is -0.325 e. The summed E-state index contributed by atoms with van der Waals surface area (Å²) < 4.78 is 2.25. The Morgan fingerprint density at radius 1 is 1.40 bits per heavy atom. The lowest BCUT2D eigenvalue weighted by atomic mass is 10.2. The van der Waals surface area contributed by atoms with Crippen molar-refractivity contribution in [1.29, 1.82) is 0 Å². The summed E-state index contributed by atoms with van der Waals surface area (Å²) >= 11 is 4.33. The van der Waals surface area contributed by atoms with E-state index in [1.807, 2.05) is 0 Å². The number of benzene rings is 1. The average Bonchev–Trinajstić information content (AvgIpc) is 2.54. The summed E-state index contributed by atoms with van der Waals surface area (Å²) in [7, 11) is 0. The molecule has 0 aliphatic heterocycles. The second-order valence-electron chi connectivity index (χ2n) is 4.14. The summed E-state index contributed by atoms with van der Waals surface area (Å²) in [4.78, 5) is 4.60. The van der Waals surface area contributed by atoms with Crippen molar-refractivity contribution in [2.45, 2.75) is 32.6 Å². The molecule has 2 nitrogen and oxygen atoms in total. The molecule has 0 radical (unpaired) electrons. The third-order valence-electron chi connectivity index (χ3n) is 2.58. The van der Waals surface area contributed by atoms with Gasteiger partial charge >= 0.3 is 0 Å². The molecule has 1 aromatic carbocycles. The third-order valence-corrected chi connectivity index (χ3v) is 2.86. The molecule has 1 heterocycles. The van der Waals surface area contributed by atoms with E-state index >= 15 is 0 Å². The number of nitrogens with zero attached hydrogens (tertiary/aromatic N) is 2. The predicted molar refractivity (Wildman–Crippen MR) is 67.5 cm³/mol. The number of fused-ring (bicyclic) bond motifs is 1. The van der Waals surface area contributed by atoms with Crippen LogP contribution in [0.15, 0.2) is 18.2 Å². The Kier molecular flexibility index (Phi) is 2.74. The van der Waals surface area contributed by atoms with Crippen molar-refractivity contribution in [3.05, 3.63) is 29.6 Å². The van der Waals surface area contributed by atoms with Gasteiger partial charge in [0.15, 0.2) is 0 Å². The first kappa shape index (κ1) is 10.6. The van der Waals surface area contributed by atoms with Crippen LogP contribution in [-0.2, 0) is 5.75 Å². The first-order valence-corrected chi connectivity index (χ1v) is 5.85. The van der Waals surface area contributed by atoms with Crippen molar-refractivity contribution in [1.82, 2.24) is 9.55 Å². The SMILES string of the molecule is Cc1ccc2c(c1)nc(CS)n2C(C)C. The van der Waals surface area contributed by atoms with Crippen molar-refractivity contribution < 1.29 is 0 Å². The number of rotatable bonds is 2. The van der Waals surface area contributed by atoms with Crippen molar-refractivity contribution in [2.75, 3.05) is 0 Å². The number of aryl methyl sites for hydroxylation is 1. The summed E-state index contributed by atoms with van der Waals surface area (Å²) in [6.45, 7) is 6.44. The van der Waals surface area contributed by atoms with Gasteiger partial charge in [-0.3, -0.25) is 0 Å². The van der Waals surface area contributed by atoms with Crippen LogP contribution in [0, 0.1) is 6.92 Å². The molecule has 0 spiro atoms. The maximum Gasteiger partial charge on any atom is 0.119 e. The van der Waals surface area contributed by atoms with E-state index in [0.717, 1.165) is 11.3 Å². The molecule has 2 rings (SSSR count). The summed E-state index contributed by atoms with van der Waals surface area (Å²) in [6.07, 6.45) is 0. The van der Waals surface area contributed by atoms with Crippen molar-refractivity contribution in [2.24, 2.45) is 0 Å². The molecule has 0 unspecified atom stereocenters. The zero-order chi connectivity index (χ0) is 11.0. The number of thiol groups is 1. The normalized spacial score (nSPS) is 11.5. The Balaban J connectivity index is 2.74. The first-order valence-electron chi connectivity index (χ1n) is 5.22. The van der Waals surface area contributed by atoms with Gasteiger partial charge in [0.25, 0.3) is 0 Å². The molecule has 0 fully saturated rings. The van der Waals surface area contributed by atoms with Crippen LogP contribution in [0.5, 0.6) is 0 Å². The van der Waals surface area contributed by atoms with Crippen LogP contribution in [0.25, 0.3) is 11.0 Å². The number of aromatic nitrogens is 2. The van der Waals surface area contributed by atoms with Gasteiger partial charge in [0, 0.05) is 11.8 Å². The van der Waals surface area contributed by atoms with E-state index < -0.39 is 0 Å². The van der Waals surface area contributed by atoms with E-state index in [1.165, 1.54) is 11.1 Å². The lowest BCUT2D eigenvalue weighted by molar-refractivity contribution is 0.598. The molecule has 1 aromatic heterocycles.